The smallest absolute Gasteiger partial charge is 0.343 e. The summed E-state index contributed by atoms with van der Waals surface area (Å²) in [6.45, 7) is 7.91. The number of aryl methyl sites for hydroxylation is 2. The lowest BCUT2D eigenvalue weighted by Gasteiger charge is -2.32. The highest BCUT2D eigenvalue weighted by atomic mass is 16.6. The van der Waals surface area contributed by atoms with Crippen LogP contribution in [0.2, 0.25) is 0 Å². The standard InChI is InChI=1S/C23H31N3O3/c1-17-12-19(13-18(2)23(17)29-16-22(27)28-3)14-25-20-7-10-26(11-8-20)15-21-6-4-5-9-24-21/h4-6,9,12-13,20,25H,7-8,10-11,14-16H2,1-3H3. The van der Waals surface area contributed by atoms with Crippen LogP contribution < -0.4 is 10.1 Å². The number of carbonyl (C=O) groups is 1. The predicted molar refractivity (Wildman–Crippen MR) is 113 cm³/mol. The third-order valence-corrected chi connectivity index (χ3v) is 5.38. The molecule has 1 aliphatic rings. The Morgan fingerprint density at radius 3 is 2.55 bits per heavy atom. The molecular formula is C23H31N3O3. The summed E-state index contributed by atoms with van der Waals surface area (Å²) in [6.07, 6.45) is 4.15. The number of hydrogen-bond donors (Lipinski definition) is 1. The largest absolute Gasteiger partial charge is 0.481 e. The molecule has 2 aromatic rings. The van der Waals surface area contributed by atoms with E-state index in [4.69, 9.17) is 4.74 Å². The zero-order valence-electron chi connectivity index (χ0n) is 17.6. The second-order valence-electron chi connectivity index (χ2n) is 7.68. The summed E-state index contributed by atoms with van der Waals surface area (Å²) in [7, 11) is 1.36. The SMILES string of the molecule is COC(=O)COc1c(C)cc(CNC2CCN(Cc3ccccn3)CC2)cc1C. The number of nitrogens with one attached hydrogen (secondary N) is 1. The lowest BCUT2D eigenvalue weighted by molar-refractivity contribution is -0.142. The summed E-state index contributed by atoms with van der Waals surface area (Å²) >= 11 is 0. The zero-order chi connectivity index (χ0) is 20.6. The number of pyridine rings is 1. The van der Waals surface area contributed by atoms with E-state index in [0.29, 0.717) is 6.04 Å². The lowest BCUT2D eigenvalue weighted by Crippen LogP contribution is -2.42. The van der Waals surface area contributed by atoms with Gasteiger partial charge >= 0.3 is 5.97 Å². The Labute approximate surface area is 173 Å². The normalized spacial score (nSPS) is 15.3. The summed E-state index contributed by atoms with van der Waals surface area (Å²) in [4.78, 5) is 18.2. The van der Waals surface area contributed by atoms with Gasteiger partial charge in [-0.2, -0.15) is 0 Å². The average Bonchev–Trinajstić information content (AvgIpc) is 2.73. The molecule has 1 saturated heterocycles. The number of esters is 1. The second-order valence-corrected chi connectivity index (χ2v) is 7.68. The van der Waals surface area contributed by atoms with Gasteiger partial charge in [-0.05, 0) is 55.5 Å². The first-order valence-electron chi connectivity index (χ1n) is 10.2. The molecule has 0 amide bonds. The molecule has 0 atom stereocenters. The number of benzene rings is 1. The van der Waals surface area contributed by atoms with Gasteiger partial charge in [-0.15, -0.1) is 0 Å². The van der Waals surface area contributed by atoms with Crippen molar-refractivity contribution in [3.05, 3.63) is 58.9 Å². The van der Waals surface area contributed by atoms with Crippen LogP contribution in [-0.4, -0.2) is 48.7 Å². The molecule has 1 aromatic heterocycles. The number of methoxy groups -OCH3 is 1. The van der Waals surface area contributed by atoms with E-state index >= 15 is 0 Å². The van der Waals surface area contributed by atoms with Crippen LogP contribution in [0.3, 0.4) is 0 Å². The summed E-state index contributed by atoms with van der Waals surface area (Å²) in [5, 5.41) is 3.70. The van der Waals surface area contributed by atoms with E-state index in [1.165, 1.54) is 12.7 Å². The minimum atomic E-state index is -0.371. The quantitative estimate of drug-likeness (QED) is 0.691. The van der Waals surface area contributed by atoms with Crippen LogP contribution >= 0.6 is 0 Å². The van der Waals surface area contributed by atoms with Crippen molar-refractivity contribution in [2.24, 2.45) is 0 Å². The molecule has 156 valence electrons. The van der Waals surface area contributed by atoms with E-state index in [9.17, 15) is 4.79 Å². The van der Waals surface area contributed by atoms with Crippen molar-refractivity contribution < 1.29 is 14.3 Å². The highest BCUT2D eigenvalue weighted by Gasteiger charge is 2.19. The second kappa shape index (κ2) is 10.4. The molecule has 3 rings (SSSR count). The van der Waals surface area contributed by atoms with Crippen molar-refractivity contribution in [1.29, 1.82) is 0 Å². The topological polar surface area (TPSA) is 63.7 Å². The predicted octanol–water partition coefficient (Wildman–Crippen LogP) is 3.00. The highest BCUT2D eigenvalue weighted by molar-refractivity contribution is 5.71. The Balaban J connectivity index is 1.46. The van der Waals surface area contributed by atoms with Gasteiger partial charge in [0.05, 0.1) is 12.8 Å². The Kier molecular flexibility index (Phi) is 7.61. The van der Waals surface area contributed by atoms with Crippen molar-refractivity contribution in [3.63, 3.8) is 0 Å². The molecule has 0 unspecified atom stereocenters. The fraction of sp³-hybridized carbons (Fsp3) is 0.478. The maximum atomic E-state index is 11.3. The molecule has 1 aliphatic heterocycles. The zero-order valence-corrected chi connectivity index (χ0v) is 17.6. The Hall–Kier alpha value is -2.44. The molecule has 1 aromatic carbocycles. The molecule has 0 aliphatic carbocycles. The number of likely N-dealkylation sites (tertiary alicyclic amines) is 1. The maximum Gasteiger partial charge on any atom is 0.343 e. The van der Waals surface area contributed by atoms with Crippen LogP contribution in [0.5, 0.6) is 5.75 Å². The van der Waals surface area contributed by atoms with Crippen molar-refractivity contribution >= 4 is 5.97 Å². The molecule has 1 N–H and O–H groups in total. The van der Waals surface area contributed by atoms with Gasteiger partial charge in [0.25, 0.3) is 0 Å². The summed E-state index contributed by atoms with van der Waals surface area (Å²) in [5.74, 6) is 0.394. The monoisotopic (exact) mass is 397 g/mol. The molecule has 0 spiro atoms. The number of ether oxygens (including phenoxy) is 2. The van der Waals surface area contributed by atoms with E-state index in [1.54, 1.807) is 0 Å². The summed E-state index contributed by atoms with van der Waals surface area (Å²) in [5.41, 5.74) is 4.45. The van der Waals surface area contributed by atoms with Crippen LogP contribution in [0.1, 0.15) is 35.2 Å². The summed E-state index contributed by atoms with van der Waals surface area (Å²) in [6, 6.07) is 10.9. The van der Waals surface area contributed by atoms with Gasteiger partial charge in [-0.1, -0.05) is 18.2 Å². The average molecular weight is 398 g/mol. The van der Waals surface area contributed by atoms with Crippen LogP contribution in [-0.2, 0) is 22.6 Å². The van der Waals surface area contributed by atoms with Crippen molar-refractivity contribution in [1.82, 2.24) is 15.2 Å². The lowest BCUT2D eigenvalue weighted by atomic mass is 10.0. The van der Waals surface area contributed by atoms with Gasteiger partial charge in [0.2, 0.25) is 0 Å². The number of rotatable bonds is 8. The number of piperidine rings is 1. The highest BCUT2D eigenvalue weighted by Crippen LogP contribution is 2.25. The molecule has 6 heteroatoms. The minimum absolute atomic E-state index is 0.0626. The van der Waals surface area contributed by atoms with Gasteiger partial charge in [-0.25, -0.2) is 4.79 Å². The fourth-order valence-electron chi connectivity index (χ4n) is 3.84. The Morgan fingerprint density at radius 1 is 1.21 bits per heavy atom. The van der Waals surface area contributed by atoms with Crippen molar-refractivity contribution in [3.8, 4) is 5.75 Å². The first-order chi connectivity index (χ1) is 14.0. The number of aromatic nitrogens is 1. The first kappa shape index (κ1) is 21.3. The molecule has 1 fully saturated rings. The third kappa shape index (κ3) is 6.27. The molecule has 2 heterocycles. The van der Waals surface area contributed by atoms with Crippen LogP contribution in [0, 0.1) is 13.8 Å². The van der Waals surface area contributed by atoms with Crippen molar-refractivity contribution in [2.75, 3.05) is 26.8 Å². The Morgan fingerprint density at radius 2 is 1.93 bits per heavy atom. The molecular weight excluding hydrogens is 366 g/mol. The van der Waals surface area contributed by atoms with Crippen LogP contribution in [0.25, 0.3) is 0 Å². The maximum absolute atomic E-state index is 11.3. The van der Waals surface area contributed by atoms with Crippen LogP contribution in [0.15, 0.2) is 36.5 Å². The van der Waals surface area contributed by atoms with Gasteiger partial charge in [0, 0.05) is 38.4 Å². The Bertz CT molecular complexity index is 779. The molecule has 6 nitrogen and oxygen atoms in total. The number of carbonyl (C=O) groups excluding carboxylic acids is 1. The minimum Gasteiger partial charge on any atom is -0.481 e. The van der Waals surface area contributed by atoms with Crippen LogP contribution in [0.4, 0.5) is 0 Å². The fourth-order valence-corrected chi connectivity index (χ4v) is 3.84. The summed E-state index contributed by atoms with van der Waals surface area (Å²) < 4.78 is 10.3. The van der Waals surface area contributed by atoms with E-state index < -0.39 is 0 Å². The van der Waals surface area contributed by atoms with E-state index in [-0.39, 0.29) is 12.6 Å². The third-order valence-electron chi connectivity index (χ3n) is 5.38. The van der Waals surface area contributed by atoms with Gasteiger partial charge in [0.15, 0.2) is 6.61 Å². The van der Waals surface area contributed by atoms with E-state index in [2.05, 4.69) is 38.1 Å². The van der Waals surface area contributed by atoms with Crippen molar-refractivity contribution in [2.45, 2.75) is 45.8 Å². The van der Waals surface area contributed by atoms with E-state index in [1.807, 2.05) is 32.2 Å². The molecule has 0 radical (unpaired) electrons. The number of hydrogen-bond acceptors (Lipinski definition) is 6. The molecule has 0 saturated carbocycles. The van der Waals surface area contributed by atoms with E-state index in [0.717, 1.165) is 61.6 Å². The molecule has 29 heavy (non-hydrogen) atoms. The first-order valence-corrected chi connectivity index (χ1v) is 10.2. The van der Waals surface area contributed by atoms with Gasteiger partial charge < -0.3 is 14.8 Å². The van der Waals surface area contributed by atoms with Gasteiger partial charge in [0.1, 0.15) is 5.75 Å². The number of nitrogens with zero attached hydrogens (tertiary/aromatic N) is 2. The van der Waals surface area contributed by atoms with Gasteiger partial charge in [-0.3, -0.25) is 9.88 Å². The molecule has 0 bridgehead atoms.